The van der Waals surface area contributed by atoms with E-state index in [2.05, 4.69) is 0 Å². The van der Waals surface area contributed by atoms with Crippen molar-refractivity contribution in [3.63, 3.8) is 0 Å². The number of thioether (sulfide) groups is 1. The smallest absolute Gasteiger partial charge is 0.331 e. The second kappa shape index (κ2) is 8.07. The molecule has 0 saturated heterocycles. The third-order valence-electron chi connectivity index (χ3n) is 2.05. The van der Waals surface area contributed by atoms with E-state index in [9.17, 15) is 9.59 Å². The van der Waals surface area contributed by atoms with Gasteiger partial charge in [0.2, 0.25) is 5.25 Å². The molecule has 0 aliphatic carbocycles. The zero-order valence-corrected chi connectivity index (χ0v) is 12.3. The molecular weight excluding hydrogens is 288 g/mol. The molecule has 0 spiro atoms. The zero-order valence-electron chi connectivity index (χ0n) is 10.7. The Labute approximate surface area is 121 Å². The van der Waals surface area contributed by atoms with Crippen LogP contribution in [0, 0.1) is 0 Å². The number of benzene rings is 1. The predicted octanol–water partition coefficient (Wildman–Crippen LogP) is 2.93. The lowest BCUT2D eigenvalue weighted by atomic mass is 10.4. The SMILES string of the molecule is CCOC(=O)C(Sc1cccc(Cl)c1)C(=O)OCC. The van der Waals surface area contributed by atoms with E-state index < -0.39 is 17.2 Å². The summed E-state index contributed by atoms with van der Waals surface area (Å²) < 4.78 is 9.76. The summed E-state index contributed by atoms with van der Waals surface area (Å²) in [6.45, 7) is 3.80. The van der Waals surface area contributed by atoms with Crippen LogP contribution in [0.25, 0.3) is 0 Å². The minimum Gasteiger partial charge on any atom is -0.465 e. The molecule has 0 atom stereocenters. The molecule has 104 valence electrons. The number of hydrogen-bond donors (Lipinski definition) is 0. The van der Waals surface area contributed by atoms with Crippen molar-refractivity contribution in [2.45, 2.75) is 24.0 Å². The Kier molecular flexibility index (Phi) is 6.73. The topological polar surface area (TPSA) is 52.6 Å². The maximum atomic E-state index is 11.8. The summed E-state index contributed by atoms with van der Waals surface area (Å²) in [5.74, 6) is -1.21. The van der Waals surface area contributed by atoms with Crippen molar-refractivity contribution in [1.82, 2.24) is 0 Å². The van der Waals surface area contributed by atoms with E-state index in [0.29, 0.717) is 9.92 Å². The van der Waals surface area contributed by atoms with Crippen LogP contribution in [0.15, 0.2) is 29.2 Å². The van der Waals surface area contributed by atoms with Crippen LogP contribution >= 0.6 is 23.4 Å². The van der Waals surface area contributed by atoms with Crippen molar-refractivity contribution >= 4 is 35.3 Å². The quantitative estimate of drug-likeness (QED) is 0.459. The molecule has 0 radical (unpaired) electrons. The van der Waals surface area contributed by atoms with Crippen molar-refractivity contribution in [3.05, 3.63) is 29.3 Å². The number of carbonyl (C=O) groups is 2. The van der Waals surface area contributed by atoms with Gasteiger partial charge in [0, 0.05) is 9.92 Å². The third kappa shape index (κ3) is 5.12. The third-order valence-corrected chi connectivity index (χ3v) is 3.43. The average molecular weight is 303 g/mol. The van der Waals surface area contributed by atoms with E-state index >= 15 is 0 Å². The Morgan fingerprint density at radius 1 is 1.21 bits per heavy atom. The molecule has 1 aromatic rings. The maximum Gasteiger partial charge on any atom is 0.331 e. The van der Waals surface area contributed by atoms with Gasteiger partial charge in [-0.05, 0) is 32.0 Å². The minimum absolute atomic E-state index is 0.213. The number of hydrogen-bond acceptors (Lipinski definition) is 5. The van der Waals surface area contributed by atoms with Crippen LogP contribution in [-0.2, 0) is 19.1 Å². The van der Waals surface area contributed by atoms with Gasteiger partial charge in [0.15, 0.2) is 0 Å². The normalized spacial score (nSPS) is 10.3. The number of halogens is 1. The highest BCUT2D eigenvalue weighted by molar-refractivity contribution is 8.01. The van der Waals surface area contributed by atoms with Gasteiger partial charge in [-0.1, -0.05) is 29.4 Å². The van der Waals surface area contributed by atoms with Gasteiger partial charge >= 0.3 is 11.9 Å². The van der Waals surface area contributed by atoms with E-state index in [0.717, 1.165) is 11.8 Å². The minimum atomic E-state index is -1.03. The first-order valence-corrected chi connectivity index (χ1v) is 7.09. The van der Waals surface area contributed by atoms with Crippen LogP contribution < -0.4 is 0 Å². The molecule has 0 fully saturated rings. The van der Waals surface area contributed by atoms with Gasteiger partial charge < -0.3 is 9.47 Å². The van der Waals surface area contributed by atoms with E-state index in [1.54, 1.807) is 38.1 Å². The zero-order chi connectivity index (χ0) is 14.3. The van der Waals surface area contributed by atoms with Gasteiger partial charge in [-0.25, -0.2) is 0 Å². The monoisotopic (exact) mass is 302 g/mol. The van der Waals surface area contributed by atoms with Crippen molar-refractivity contribution in [3.8, 4) is 0 Å². The maximum absolute atomic E-state index is 11.8. The van der Waals surface area contributed by atoms with Gasteiger partial charge in [0.25, 0.3) is 0 Å². The summed E-state index contributed by atoms with van der Waals surface area (Å²) in [6.07, 6.45) is 0. The highest BCUT2D eigenvalue weighted by atomic mass is 35.5. The Hall–Kier alpha value is -1.20. The van der Waals surface area contributed by atoms with Crippen LogP contribution in [0.1, 0.15) is 13.8 Å². The van der Waals surface area contributed by atoms with Crippen molar-refractivity contribution in [2.75, 3.05) is 13.2 Å². The molecular formula is C13H15ClO4S. The standard InChI is InChI=1S/C13H15ClO4S/c1-3-17-12(15)11(13(16)18-4-2)19-10-7-5-6-9(14)8-10/h5-8,11H,3-4H2,1-2H3. The Balaban J connectivity index is 2.84. The van der Waals surface area contributed by atoms with Crippen LogP contribution in [0.4, 0.5) is 0 Å². The molecule has 19 heavy (non-hydrogen) atoms. The Morgan fingerprint density at radius 3 is 2.26 bits per heavy atom. The first-order valence-electron chi connectivity index (χ1n) is 5.84. The lowest BCUT2D eigenvalue weighted by Gasteiger charge is -2.14. The molecule has 0 aromatic heterocycles. The van der Waals surface area contributed by atoms with Crippen LogP contribution in [0.5, 0.6) is 0 Å². The first kappa shape index (κ1) is 15.9. The van der Waals surface area contributed by atoms with E-state index in [1.165, 1.54) is 0 Å². The molecule has 4 nitrogen and oxygen atoms in total. The van der Waals surface area contributed by atoms with Gasteiger partial charge in [0.05, 0.1) is 13.2 Å². The summed E-state index contributed by atoms with van der Waals surface area (Å²) in [7, 11) is 0. The summed E-state index contributed by atoms with van der Waals surface area (Å²) in [5, 5.41) is -0.491. The van der Waals surface area contributed by atoms with Crippen molar-refractivity contribution in [1.29, 1.82) is 0 Å². The number of carbonyl (C=O) groups excluding carboxylic acids is 2. The molecule has 6 heteroatoms. The van der Waals surface area contributed by atoms with Crippen molar-refractivity contribution < 1.29 is 19.1 Å². The Bertz CT molecular complexity index is 432. The molecule has 0 saturated carbocycles. The van der Waals surface area contributed by atoms with Gasteiger partial charge in [-0.3, -0.25) is 9.59 Å². The van der Waals surface area contributed by atoms with E-state index in [4.69, 9.17) is 21.1 Å². The summed E-state index contributed by atoms with van der Waals surface area (Å²) in [4.78, 5) is 24.3. The van der Waals surface area contributed by atoms with Gasteiger partial charge in [-0.2, -0.15) is 0 Å². The van der Waals surface area contributed by atoms with Crippen LogP contribution in [0.3, 0.4) is 0 Å². The van der Waals surface area contributed by atoms with Gasteiger partial charge in [0.1, 0.15) is 0 Å². The van der Waals surface area contributed by atoms with E-state index in [1.807, 2.05) is 0 Å². The molecule has 0 unspecified atom stereocenters. The first-order chi connectivity index (χ1) is 9.08. The fraction of sp³-hybridized carbons (Fsp3) is 0.385. The highest BCUT2D eigenvalue weighted by Gasteiger charge is 2.30. The lowest BCUT2D eigenvalue weighted by molar-refractivity contribution is -0.152. The van der Waals surface area contributed by atoms with Gasteiger partial charge in [-0.15, -0.1) is 0 Å². The molecule has 0 N–H and O–H groups in total. The number of esters is 2. The van der Waals surface area contributed by atoms with Crippen LogP contribution in [-0.4, -0.2) is 30.4 Å². The molecule has 0 bridgehead atoms. The molecule has 0 amide bonds. The number of ether oxygens (including phenoxy) is 2. The molecule has 0 aliphatic rings. The summed E-state index contributed by atoms with van der Waals surface area (Å²) in [5.41, 5.74) is 0. The number of rotatable bonds is 6. The molecule has 0 aliphatic heterocycles. The average Bonchev–Trinajstić information content (AvgIpc) is 2.36. The fourth-order valence-corrected chi connectivity index (χ4v) is 2.51. The highest BCUT2D eigenvalue weighted by Crippen LogP contribution is 2.27. The molecule has 1 rings (SSSR count). The molecule has 0 heterocycles. The fourth-order valence-electron chi connectivity index (χ4n) is 1.30. The summed E-state index contributed by atoms with van der Waals surface area (Å²) >= 11 is 6.93. The molecule has 1 aromatic carbocycles. The lowest BCUT2D eigenvalue weighted by Crippen LogP contribution is -2.30. The largest absolute Gasteiger partial charge is 0.465 e. The predicted molar refractivity (Wildman–Crippen MR) is 74.4 cm³/mol. The second-order valence-corrected chi connectivity index (χ2v) is 5.07. The summed E-state index contributed by atoms with van der Waals surface area (Å²) in [6, 6.07) is 6.91. The van der Waals surface area contributed by atoms with Crippen molar-refractivity contribution in [2.24, 2.45) is 0 Å². The van der Waals surface area contributed by atoms with E-state index in [-0.39, 0.29) is 13.2 Å². The van der Waals surface area contributed by atoms with Crippen LogP contribution in [0.2, 0.25) is 5.02 Å². The second-order valence-electron chi connectivity index (χ2n) is 3.46. The Morgan fingerprint density at radius 2 is 1.79 bits per heavy atom.